The van der Waals surface area contributed by atoms with Crippen molar-refractivity contribution in [2.45, 2.75) is 36.4 Å². The van der Waals surface area contributed by atoms with Crippen molar-refractivity contribution >= 4 is 20.0 Å². The van der Waals surface area contributed by atoms with Gasteiger partial charge in [-0.05, 0) is 25.7 Å². The molecule has 0 spiro atoms. The third-order valence-corrected chi connectivity index (χ3v) is 6.75. The minimum absolute atomic E-state index is 0.345. The van der Waals surface area contributed by atoms with Crippen LogP contribution in [0.15, 0.2) is 11.8 Å². The fourth-order valence-corrected chi connectivity index (χ4v) is 4.90. The zero-order valence-corrected chi connectivity index (χ0v) is 12.7. The van der Waals surface area contributed by atoms with Crippen LogP contribution in [0.5, 0.6) is 0 Å². The van der Waals surface area contributed by atoms with Gasteiger partial charge in [-0.3, -0.25) is 4.94 Å². The van der Waals surface area contributed by atoms with Gasteiger partial charge in [0, 0.05) is 15.7 Å². The molecule has 0 aromatic carbocycles. The Balaban J connectivity index is 2.83. The van der Waals surface area contributed by atoms with E-state index in [9.17, 15) is 43.3 Å². The maximum absolute atomic E-state index is 12.3. The molecule has 136 valence electrons. The van der Waals surface area contributed by atoms with Crippen LogP contribution >= 0.6 is 0 Å². The number of hydrogen-bond donors (Lipinski definition) is 0. The van der Waals surface area contributed by atoms with Crippen molar-refractivity contribution in [2.24, 2.45) is 5.92 Å². The molecule has 0 atom stereocenters. The molecule has 1 aliphatic carbocycles. The van der Waals surface area contributed by atoms with E-state index in [1.54, 1.807) is 0 Å². The molecule has 6 nitrogen and oxygen atoms in total. The minimum Gasteiger partial charge on any atom is -0.428 e. The summed E-state index contributed by atoms with van der Waals surface area (Å²) in [7, 11) is -11.3. The number of hydrogen-bond acceptors (Lipinski definition) is 5. The number of halogens is 6. The first kappa shape index (κ1) is 20.0. The van der Waals surface area contributed by atoms with Crippen molar-refractivity contribution in [1.29, 1.82) is 0 Å². The van der Waals surface area contributed by atoms with Gasteiger partial charge in [0.05, 0.1) is 10.0 Å². The Kier molecular flexibility index (Phi) is 5.96. The predicted molar refractivity (Wildman–Crippen MR) is 64.4 cm³/mol. The summed E-state index contributed by atoms with van der Waals surface area (Å²) in [5, 5.41) is -1.60. The van der Waals surface area contributed by atoms with Gasteiger partial charge < -0.3 is 4.13 Å². The molecule has 23 heavy (non-hydrogen) atoms. The van der Waals surface area contributed by atoms with E-state index in [1.807, 2.05) is 4.13 Å². The molecule has 1 aliphatic rings. The standard InChI is InChI=1S/C9H10F6NO5S2/c10-8(11)7(21-15)5-1-3-6(4-2-5)22(17,18)16-23(19,20)9(12,13)14/h5-6H,1-4H2/q-1. The van der Waals surface area contributed by atoms with Crippen LogP contribution in [0.4, 0.5) is 26.5 Å². The van der Waals surface area contributed by atoms with E-state index < -0.39 is 61.4 Å². The topological polar surface area (TPSA) is 91.6 Å². The van der Waals surface area contributed by atoms with Crippen molar-refractivity contribution in [3.8, 4) is 0 Å². The number of alkyl halides is 3. The Labute approximate surface area is 127 Å². The molecule has 1 fully saturated rings. The average Bonchev–Trinajstić information content (AvgIpc) is 2.37. The number of rotatable bonds is 5. The highest BCUT2D eigenvalue weighted by atomic mass is 32.3. The van der Waals surface area contributed by atoms with Gasteiger partial charge in [0.25, 0.3) is 0 Å². The van der Waals surface area contributed by atoms with E-state index >= 15 is 0 Å². The lowest BCUT2D eigenvalue weighted by Crippen LogP contribution is -2.31. The van der Waals surface area contributed by atoms with E-state index in [4.69, 9.17) is 0 Å². The highest BCUT2D eigenvalue weighted by Gasteiger charge is 2.42. The van der Waals surface area contributed by atoms with Crippen molar-refractivity contribution in [3.05, 3.63) is 16.0 Å². The quantitative estimate of drug-likeness (QED) is 0.531. The van der Waals surface area contributed by atoms with E-state index in [-0.39, 0.29) is 12.8 Å². The number of sulfonamides is 2. The lowest BCUT2D eigenvalue weighted by Gasteiger charge is -2.32. The molecular formula is C9H10F6NO5S2-. The maximum Gasteiger partial charge on any atom is 0.480 e. The first-order chi connectivity index (χ1) is 10.3. The second-order valence-corrected chi connectivity index (χ2v) is 8.39. The van der Waals surface area contributed by atoms with Crippen LogP contribution in [-0.4, -0.2) is 27.6 Å². The monoisotopic (exact) mass is 390 g/mol. The molecule has 1 rings (SSSR count). The van der Waals surface area contributed by atoms with Crippen molar-refractivity contribution in [1.82, 2.24) is 0 Å². The lowest BCUT2D eigenvalue weighted by molar-refractivity contribution is -0.105. The van der Waals surface area contributed by atoms with Gasteiger partial charge in [0.1, 0.15) is 0 Å². The van der Waals surface area contributed by atoms with Crippen molar-refractivity contribution in [2.75, 3.05) is 0 Å². The highest BCUT2D eigenvalue weighted by molar-refractivity contribution is 8.12. The van der Waals surface area contributed by atoms with Crippen molar-refractivity contribution < 1.29 is 48.3 Å². The van der Waals surface area contributed by atoms with E-state index in [1.165, 1.54) is 0 Å². The molecule has 0 aliphatic heterocycles. The largest absolute Gasteiger partial charge is 0.480 e. The normalized spacial score (nSPS) is 23.4. The van der Waals surface area contributed by atoms with Crippen molar-refractivity contribution in [3.63, 3.8) is 0 Å². The Morgan fingerprint density at radius 2 is 1.48 bits per heavy atom. The van der Waals surface area contributed by atoms with Crippen LogP contribution in [0.1, 0.15) is 25.7 Å². The highest BCUT2D eigenvalue weighted by Crippen LogP contribution is 2.39. The van der Waals surface area contributed by atoms with Gasteiger partial charge in [0.15, 0.2) is 10.0 Å². The molecule has 0 aromatic heterocycles. The summed E-state index contributed by atoms with van der Waals surface area (Å²) >= 11 is 0. The molecule has 0 N–H and O–H groups in total. The van der Waals surface area contributed by atoms with Crippen LogP contribution in [0.2, 0.25) is 0 Å². The maximum atomic E-state index is 12.3. The summed E-state index contributed by atoms with van der Waals surface area (Å²) in [6.45, 7) is 0. The molecule has 0 aromatic rings. The van der Waals surface area contributed by atoms with Crippen LogP contribution in [0.3, 0.4) is 0 Å². The van der Waals surface area contributed by atoms with Gasteiger partial charge in [-0.2, -0.15) is 22.0 Å². The zero-order chi connectivity index (χ0) is 18.1. The molecule has 0 amide bonds. The Morgan fingerprint density at radius 1 is 1.00 bits per heavy atom. The molecule has 1 saturated carbocycles. The van der Waals surface area contributed by atoms with Gasteiger partial charge in [-0.25, -0.2) is 16.8 Å². The Hall–Kier alpha value is -1.02. The fourth-order valence-electron chi connectivity index (χ4n) is 2.11. The molecule has 0 radical (unpaired) electrons. The Morgan fingerprint density at radius 3 is 1.83 bits per heavy atom. The molecule has 14 heteroatoms. The van der Waals surface area contributed by atoms with Gasteiger partial charge >= 0.3 is 11.6 Å². The predicted octanol–water partition coefficient (Wildman–Crippen LogP) is 3.11. The van der Waals surface area contributed by atoms with Crippen LogP contribution in [0.25, 0.3) is 4.13 Å². The summed E-state index contributed by atoms with van der Waals surface area (Å²) in [5.74, 6) is -2.43. The third-order valence-electron chi connectivity index (χ3n) is 3.23. The SMILES string of the molecule is O=S(=O)([N-]S(=O)(=O)C(F)(F)F)C1CCC(C(OF)=C(F)F)CC1. The second kappa shape index (κ2) is 6.84. The fraction of sp³-hybridized carbons (Fsp3) is 0.778. The number of allylic oxidation sites excluding steroid dienone is 1. The van der Waals surface area contributed by atoms with Gasteiger partial charge in [-0.1, -0.05) is 0 Å². The average molecular weight is 390 g/mol. The summed E-state index contributed by atoms with van der Waals surface area (Å²) in [6.07, 6.45) is -4.07. The lowest BCUT2D eigenvalue weighted by atomic mass is 9.88. The first-order valence-corrected chi connectivity index (χ1v) is 8.89. The molecule has 0 heterocycles. The summed E-state index contributed by atoms with van der Waals surface area (Å²) < 4.78 is 120. The summed E-state index contributed by atoms with van der Waals surface area (Å²) in [4.78, 5) is 3.01. The van der Waals surface area contributed by atoms with Crippen LogP contribution < -0.4 is 0 Å². The van der Waals surface area contributed by atoms with Crippen LogP contribution in [-0.2, 0) is 25.0 Å². The second-order valence-electron chi connectivity index (χ2n) is 4.69. The molecule has 0 bridgehead atoms. The first-order valence-electron chi connectivity index (χ1n) is 5.95. The Bertz CT molecular complexity index is 659. The molecular weight excluding hydrogens is 380 g/mol. The number of nitrogens with zero attached hydrogens (tertiary/aromatic N) is 1. The van der Waals surface area contributed by atoms with Crippen LogP contribution in [0, 0.1) is 5.92 Å². The van der Waals surface area contributed by atoms with E-state index in [0.717, 1.165) is 0 Å². The van der Waals surface area contributed by atoms with Gasteiger partial charge in [0.2, 0.25) is 5.76 Å². The summed E-state index contributed by atoms with van der Waals surface area (Å²) in [6, 6.07) is 0. The smallest absolute Gasteiger partial charge is 0.428 e. The summed E-state index contributed by atoms with van der Waals surface area (Å²) in [5.41, 5.74) is -5.87. The van der Waals surface area contributed by atoms with E-state index in [0.29, 0.717) is 0 Å². The minimum atomic E-state index is -6.23. The molecule has 0 saturated heterocycles. The zero-order valence-electron chi connectivity index (χ0n) is 11.1. The van der Waals surface area contributed by atoms with E-state index in [2.05, 4.69) is 4.94 Å². The third kappa shape index (κ3) is 4.73. The molecule has 0 unspecified atom stereocenters. The van der Waals surface area contributed by atoms with Gasteiger partial charge in [-0.15, -0.1) is 0 Å².